The van der Waals surface area contributed by atoms with Crippen molar-refractivity contribution in [1.29, 1.82) is 0 Å². The van der Waals surface area contributed by atoms with Crippen LogP contribution in [0, 0.1) is 11.6 Å². The number of rotatable bonds is 1. The third-order valence-corrected chi connectivity index (χ3v) is 3.01. The largest absolute Gasteiger partial charge is 0.343 e. The van der Waals surface area contributed by atoms with Gasteiger partial charge in [0.25, 0.3) is 0 Å². The van der Waals surface area contributed by atoms with E-state index >= 15 is 0 Å². The summed E-state index contributed by atoms with van der Waals surface area (Å²) in [5.41, 5.74) is 2.81. The Morgan fingerprint density at radius 1 is 0.944 bits per heavy atom. The van der Waals surface area contributed by atoms with Crippen LogP contribution >= 0.6 is 0 Å². The van der Waals surface area contributed by atoms with Crippen molar-refractivity contribution in [1.82, 2.24) is 0 Å². The van der Waals surface area contributed by atoms with Crippen LogP contribution < -0.4 is 4.90 Å². The van der Waals surface area contributed by atoms with Gasteiger partial charge in [-0.05, 0) is 29.3 Å². The van der Waals surface area contributed by atoms with E-state index < -0.39 is 11.6 Å². The van der Waals surface area contributed by atoms with E-state index in [0.29, 0.717) is 12.2 Å². The molecular weight excluding hydrogens is 232 g/mol. The van der Waals surface area contributed by atoms with Gasteiger partial charge in [-0.1, -0.05) is 24.3 Å². The molecule has 0 saturated carbocycles. The summed E-state index contributed by atoms with van der Waals surface area (Å²) >= 11 is 0. The highest BCUT2D eigenvalue weighted by Crippen LogP contribution is 2.26. The molecule has 18 heavy (non-hydrogen) atoms. The summed E-state index contributed by atoms with van der Waals surface area (Å²) in [5, 5.41) is 0. The standard InChI is InChI=1S/C15H11F2N/c16-13-7-14(17)9-15(8-13)18-6-5-11-3-1-2-4-12(11)10-18/h1-9H,10H2. The minimum atomic E-state index is -0.558. The molecule has 0 atom stereocenters. The first-order chi connectivity index (χ1) is 8.72. The summed E-state index contributed by atoms with van der Waals surface area (Å²) in [6.45, 7) is 0.621. The average molecular weight is 243 g/mol. The molecule has 3 heteroatoms. The summed E-state index contributed by atoms with van der Waals surface area (Å²) in [6.07, 6.45) is 3.79. The summed E-state index contributed by atoms with van der Waals surface area (Å²) < 4.78 is 26.4. The second-order valence-electron chi connectivity index (χ2n) is 4.27. The average Bonchev–Trinajstić information content (AvgIpc) is 2.37. The Morgan fingerprint density at radius 2 is 1.67 bits per heavy atom. The highest BCUT2D eigenvalue weighted by Gasteiger charge is 2.13. The maximum absolute atomic E-state index is 13.2. The fourth-order valence-corrected chi connectivity index (χ4v) is 2.13. The van der Waals surface area contributed by atoms with Gasteiger partial charge in [-0.2, -0.15) is 0 Å². The monoisotopic (exact) mass is 243 g/mol. The van der Waals surface area contributed by atoms with Crippen LogP contribution in [0.4, 0.5) is 14.5 Å². The predicted molar refractivity (Wildman–Crippen MR) is 68.0 cm³/mol. The lowest BCUT2D eigenvalue weighted by Crippen LogP contribution is -2.19. The molecule has 1 heterocycles. The van der Waals surface area contributed by atoms with Crippen LogP contribution in [0.2, 0.25) is 0 Å². The van der Waals surface area contributed by atoms with Gasteiger partial charge in [-0.15, -0.1) is 0 Å². The molecule has 0 unspecified atom stereocenters. The minimum Gasteiger partial charge on any atom is -0.343 e. The molecule has 0 spiro atoms. The lowest BCUT2D eigenvalue weighted by atomic mass is 10.0. The first-order valence-corrected chi connectivity index (χ1v) is 5.71. The molecule has 2 aromatic carbocycles. The molecule has 90 valence electrons. The van der Waals surface area contributed by atoms with E-state index in [0.717, 1.165) is 17.2 Å². The van der Waals surface area contributed by atoms with Gasteiger partial charge in [-0.25, -0.2) is 8.78 Å². The van der Waals surface area contributed by atoms with E-state index in [1.54, 1.807) is 0 Å². The number of anilines is 1. The first kappa shape index (κ1) is 11.0. The van der Waals surface area contributed by atoms with Gasteiger partial charge in [0, 0.05) is 24.5 Å². The molecule has 0 amide bonds. The summed E-state index contributed by atoms with van der Waals surface area (Å²) in [5.74, 6) is -1.12. The minimum absolute atomic E-state index is 0.526. The van der Waals surface area contributed by atoms with Crippen molar-refractivity contribution >= 4 is 11.8 Å². The van der Waals surface area contributed by atoms with Gasteiger partial charge in [0.2, 0.25) is 0 Å². The van der Waals surface area contributed by atoms with Gasteiger partial charge in [0.1, 0.15) is 11.6 Å². The first-order valence-electron chi connectivity index (χ1n) is 5.71. The number of benzene rings is 2. The fourth-order valence-electron chi connectivity index (χ4n) is 2.13. The predicted octanol–water partition coefficient (Wildman–Crippen LogP) is 3.96. The molecule has 0 fully saturated rings. The molecule has 1 nitrogen and oxygen atoms in total. The molecule has 0 aliphatic carbocycles. The van der Waals surface area contributed by atoms with Crippen LogP contribution in [0.3, 0.4) is 0 Å². The summed E-state index contributed by atoms with van der Waals surface area (Å²) in [4.78, 5) is 1.83. The molecule has 0 bridgehead atoms. The van der Waals surface area contributed by atoms with Crippen LogP contribution in [0.1, 0.15) is 11.1 Å². The third-order valence-electron chi connectivity index (χ3n) is 3.01. The van der Waals surface area contributed by atoms with Gasteiger partial charge in [-0.3, -0.25) is 0 Å². The van der Waals surface area contributed by atoms with Crippen molar-refractivity contribution in [2.75, 3.05) is 4.90 Å². The van der Waals surface area contributed by atoms with Crippen LogP contribution in [0.25, 0.3) is 6.08 Å². The number of halogens is 2. The molecule has 2 aromatic rings. The Labute approximate surface area is 104 Å². The van der Waals surface area contributed by atoms with Crippen molar-refractivity contribution in [3.05, 3.63) is 71.4 Å². The van der Waals surface area contributed by atoms with Crippen molar-refractivity contribution in [2.45, 2.75) is 6.54 Å². The summed E-state index contributed by atoms with van der Waals surface area (Å²) in [6, 6.07) is 11.5. The van der Waals surface area contributed by atoms with Crippen molar-refractivity contribution in [3.63, 3.8) is 0 Å². The van der Waals surface area contributed by atoms with Crippen molar-refractivity contribution in [3.8, 4) is 0 Å². The molecule has 0 aromatic heterocycles. The number of fused-ring (bicyclic) bond motifs is 1. The highest BCUT2D eigenvalue weighted by atomic mass is 19.1. The number of hydrogen-bond donors (Lipinski definition) is 0. The normalized spacial score (nSPS) is 13.6. The van der Waals surface area contributed by atoms with Gasteiger partial charge in [0.15, 0.2) is 0 Å². The van der Waals surface area contributed by atoms with Crippen molar-refractivity contribution < 1.29 is 8.78 Å². The summed E-state index contributed by atoms with van der Waals surface area (Å²) in [7, 11) is 0. The third kappa shape index (κ3) is 1.99. The van der Waals surface area contributed by atoms with Gasteiger partial charge < -0.3 is 4.90 Å². The molecule has 1 aliphatic heterocycles. The molecule has 3 rings (SSSR count). The van der Waals surface area contributed by atoms with E-state index in [1.165, 1.54) is 12.1 Å². The second kappa shape index (κ2) is 4.26. The fraction of sp³-hybridized carbons (Fsp3) is 0.0667. The van der Waals surface area contributed by atoms with E-state index in [-0.39, 0.29) is 0 Å². The Morgan fingerprint density at radius 3 is 2.44 bits per heavy atom. The molecule has 0 saturated heterocycles. The van der Waals surface area contributed by atoms with Gasteiger partial charge in [0.05, 0.1) is 0 Å². The Kier molecular flexibility index (Phi) is 2.59. The quantitative estimate of drug-likeness (QED) is 0.732. The smallest absolute Gasteiger partial charge is 0.128 e. The topological polar surface area (TPSA) is 3.24 Å². The zero-order valence-electron chi connectivity index (χ0n) is 9.61. The number of hydrogen-bond acceptors (Lipinski definition) is 1. The zero-order valence-corrected chi connectivity index (χ0v) is 9.61. The number of nitrogens with zero attached hydrogens (tertiary/aromatic N) is 1. The second-order valence-corrected chi connectivity index (χ2v) is 4.27. The molecule has 0 N–H and O–H groups in total. The SMILES string of the molecule is Fc1cc(F)cc(N2C=Cc3ccccc3C2)c1. The Bertz CT molecular complexity index is 599. The molecule has 0 radical (unpaired) electrons. The van der Waals surface area contributed by atoms with E-state index in [9.17, 15) is 8.78 Å². The highest BCUT2D eigenvalue weighted by molar-refractivity contribution is 5.64. The van der Waals surface area contributed by atoms with Crippen LogP contribution in [-0.4, -0.2) is 0 Å². The van der Waals surface area contributed by atoms with Crippen molar-refractivity contribution in [2.24, 2.45) is 0 Å². The van der Waals surface area contributed by atoms with Crippen LogP contribution in [0.15, 0.2) is 48.7 Å². The Hall–Kier alpha value is -2.16. The zero-order chi connectivity index (χ0) is 12.5. The lowest BCUT2D eigenvalue weighted by Gasteiger charge is -2.25. The maximum Gasteiger partial charge on any atom is 0.128 e. The maximum atomic E-state index is 13.2. The van der Waals surface area contributed by atoms with Crippen LogP contribution in [-0.2, 0) is 6.54 Å². The van der Waals surface area contributed by atoms with Gasteiger partial charge >= 0.3 is 0 Å². The Balaban J connectivity index is 1.97. The van der Waals surface area contributed by atoms with E-state index in [4.69, 9.17) is 0 Å². The molecule has 1 aliphatic rings. The van der Waals surface area contributed by atoms with E-state index in [2.05, 4.69) is 0 Å². The lowest BCUT2D eigenvalue weighted by molar-refractivity contribution is 0.583. The van der Waals surface area contributed by atoms with E-state index in [1.807, 2.05) is 41.4 Å². The molecular formula is C15H11F2N. The van der Waals surface area contributed by atoms with Crippen LogP contribution in [0.5, 0.6) is 0 Å².